The molecule has 0 atom stereocenters. The van der Waals surface area contributed by atoms with Crippen LogP contribution in [0, 0.1) is 0 Å². The molecule has 1 rings (SSSR count). The Morgan fingerprint density at radius 3 is 2.70 bits per heavy atom. The topological polar surface area (TPSA) is 9.23 Å². The summed E-state index contributed by atoms with van der Waals surface area (Å²) in [5.74, 6) is 0.786. The highest BCUT2D eigenvalue weighted by Crippen LogP contribution is 2.30. The smallest absolute Gasteiger partial charge is 0.116 e. The molecule has 10 heavy (non-hydrogen) atoms. The van der Waals surface area contributed by atoms with Crippen LogP contribution in [0.1, 0.15) is 12.8 Å². The Kier molecular flexibility index (Phi) is 2.64. The molecular formula is C7H8Cl2O. The summed E-state index contributed by atoms with van der Waals surface area (Å²) >= 11 is 11.5. The van der Waals surface area contributed by atoms with Gasteiger partial charge >= 0.3 is 0 Å². The summed E-state index contributed by atoms with van der Waals surface area (Å²) in [6.45, 7) is 0. The molecule has 0 spiro atoms. The first-order chi connectivity index (χ1) is 4.75. The molecule has 0 saturated heterocycles. The molecule has 0 aromatic carbocycles. The molecule has 0 bridgehead atoms. The van der Waals surface area contributed by atoms with Crippen LogP contribution in [0.4, 0.5) is 0 Å². The van der Waals surface area contributed by atoms with E-state index in [1.54, 1.807) is 7.11 Å². The van der Waals surface area contributed by atoms with Crippen LogP contribution in [0.15, 0.2) is 21.9 Å². The van der Waals surface area contributed by atoms with E-state index in [2.05, 4.69) is 0 Å². The van der Waals surface area contributed by atoms with Crippen molar-refractivity contribution in [3.63, 3.8) is 0 Å². The van der Waals surface area contributed by atoms with Crippen LogP contribution < -0.4 is 0 Å². The summed E-state index contributed by atoms with van der Waals surface area (Å²) in [5.41, 5.74) is 0. The van der Waals surface area contributed by atoms with Crippen molar-refractivity contribution < 1.29 is 4.74 Å². The average Bonchev–Trinajstić information content (AvgIpc) is 1.95. The predicted octanol–water partition coefficient (Wildman–Crippen LogP) is 3.00. The van der Waals surface area contributed by atoms with Gasteiger partial charge in [0.15, 0.2) is 0 Å². The van der Waals surface area contributed by atoms with Crippen LogP contribution in [0.3, 0.4) is 0 Å². The van der Waals surface area contributed by atoms with E-state index >= 15 is 0 Å². The fraction of sp³-hybridized carbons (Fsp3) is 0.429. The first kappa shape index (κ1) is 7.96. The highest BCUT2D eigenvalue weighted by molar-refractivity contribution is 6.44. The second kappa shape index (κ2) is 3.31. The van der Waals surface area contributed by atoms with Gasteiger partial charge in [-0.2, -0.15) is 0 Å². The minimum atomic E-state index is 0.551. The lowest BCUT2D eigenvalue weighted by Crippen LogP contribution is -1.95. The molecule has 56 valence electrons. The zero-order chi connectivity index (χ0) is 7.56. The van der Waals surface area contributed by atoms with Gasteiger partial charge in [-0.3, -0.25) is 0 Å². The third kappa shape index (κ3) is 1.47. The van der Waals surface area contributed by atoms with Gasteiger partial charge in [0, 0.05) is 6.42 Å². The Labute approximate surface area is 70.3 Å². The first-order valence-corrected chi connectivity index (χ1v) is 3.80. The number of methoxy groups -OCH3 is 1. The summed E-state index contributed by atoms with van der Waals surface area (Å²) in [6.07, 6.45) is 3.66. The maximum Gasteiger partial charge on any atom is 0.116 e. The third-order valence-corrected chi connectivity index (χ3v) is 2.25. The number of hydrogen-bond acceptors (Lipinski definition) is 1. The largest absolute Gasteiger partial charge is 0.499 e. The van der Waals surface area contributed by atoms with Crippen molar-refractivity contribution >= 4 is 23.2 Å². The first-order valence-electron chi connectivity index (χ1n) is 3.04. The molecule has 0 amide bonds. The van der Waals surface area contributed by atoms with E-state index in [9.17, 15) is 0 Å². The van der Waals surface area contributed by atoms with E-state index in [1.165, 1.54) is 0 Å². The van der Waals surface area contributed by atoms with Crippen LogP contribution in [0.2, 0.25) is 0 Å². The van der Waals surface area contributed by atoms with Crippen LogP contribution in [0.25, 0.3) is 0 Å². The van der Waals surface area contributed by atoms with Crippen LogP contribution >= 0.6 is 23.2 Å². The van der Waals surface area contributed by atoms with Gasteiger partial charge in [-0.25, -0.2) is 0 Å². The molecular weight excluding hydrogens is 171 g/mol. The number of ether oxygens (including phenoxy) is 1. The molecule has 1 aliphatic carbocycles. The Balaban J connectivity index is 2.85. The van der Waals surface area contributed by atoms with Gasteiger partial charge < -0.3 is 4.74 Å². The summed E-state index contributed by atoms with van der Waals surface area (Å²) in [7, 11) is 1.60. The SMILES string of the molecule is COC1=C(Cl)C(Cl)=CCC1. The van der Waals surface area contributed by atoms with Gasteiger partial charge in [0.05, 0.1) is 17.2 Å². The Bertz CT molecular complexity index is 194. The van der Waals surface area contributed by atoms with Gasteiger partial charge in [0.25, 0.3) is 0 Å². The molecule has 0 aromatic rings. The quantitative estimate of drug-likeness (QED) is 0.601. The lowest BCUT2D eigenvalue weighted by molar-refractivity contribution is 0.275. The number of hydrogen-bond donors (Lipinski definition) is 0. The van der Waals surface area contributed by atoms with Crippen molar-refractivity contribution in [2.45, 2.75) is 12.8 Å². The summed E-state index contributed by atoms with van der Waals surface area (Å²) < 4.78 is 5.00. The molecule has 0 saturated carbocycles. The zero-order valence-electron chi connectivity index (χ0n) is 5.66. The zero-order valence-corrected chi connectivity index (χ0v) is 7.17. The molecule has 1 nitrogen and oxygen atoms in total. The van der Waals surface area contributed by atoms with E-state index in [4.69, 9.17) is 27.9 Å². The van der Waals surface area contributed by atoms with E-state index in [0.717, 1.165) is 18.6 Å². The summed E-state index contributed by atoms with van der Waals surface area (Å²) in [4.78, 5) is 0. The minimum Gasteiger partial charge on any atom is -0.499 e. The Morgan fingerprint density at radius 2 is 2.20 bits per heavy atom. The second-order valence-corrected chi connectivity index (χ2v) is 2.82. The van der Waals surface area contributed by atoms with Gasteiger partial charge in [-0.1, -0.05) is 29.3 Å². The van der Waals surface area contributed by atoms with E-state index < -0.39 is 0 Å². The van der Waals surface area contributed by atoms with E-state index in [0.29, 0.717) is 10.1 Å². The molecule has 0 unspecified atom stereocenters. The van der Waals surface area contributed by atoms with Gasteiger partial charge in [-0.05, 0) is 6.42 Å². The normalized spacial score (nSPS) is 18.9. The van der Waals surface area contributed by atoms with E-state index in [1.807, 2.05) is 6.08 Å². The average molecular weight is 179 g/mol. The molecule has 0 radical (unpaired) electrons. The number of rotatable bonds is 1. The summed E-state index contributed by atoms with van der Waals surface area (Å²) in [6, 6.07) is 0. The molecule has 1 aliphatic rings. The predicted molar refractivity (Wildman–Crippen MR) is 43.1 cm³/mol. The van der Waals surface area contributed by atoms with Crippen LogP contribution in [-0.4, -0.2) is 7.11 Å². The molecule has 0 aromatic heterocycles. The fourth-order valence-corrected chi connectivity index (χ4v) is 1.32. The second-order valence-electron chi connectivity index (χ2n) is 2.03. The van der Waals surface area contributed by atoms with Crippen LogP contribution in [0.5, 0.6) is 0 Å². The monoisotopic (exact) mass is 178 g/mol. The van der Waals surface area contributed by atoms with Crippen molar-refractivity contribution in [1.82, 2.24) is 0 Å². The molecule has 0 fully saturated rings. The Hall–Kier alpha value is -0.140. The maximum absolute atomic E-state index is 5.79. The van der Waals surface area contributed by atoms with Gasteiger partial charge in [0.1, 0.15) is 5.76 Å². The minimum absolute atomic E-state index is 0.551. The maximum atomic E-state index is 5.79. The standard InChI is InChI=1S/C7H8Cl2O/c1-10-6-4-2-3-5(8)7(6)9/h3H,2,4H2,1H3. The van der Waals surface area contributed by atoms with Gasteiger partial charge in [0.2, 0.25) is 0 Å². The van der Waals surface area contributed by atoms with Crippen molar-refractivity contribution in [1.29, 1.82) is 0 Å². The van der Waals surface area contributed by atoms with Crippen molar-refractivity contribution in [3.8, 4) is 0 Å². The molecule has 3 heteroatoms. The number of halogens is 2. The van der Waals surface area contributed by atoms with Crippen molar-refractivity contribution in [3.05, 3.63) is 21.9 Å². The lowest BCUT2D eigenvalue weighted by atomic mass is 10.1. The molecule has 0 N–H and O–H groups in total. The third-order valence-electron chi connectivity index (χ3n) is 1.40. The van der Waals surface area contributed by atoms with E-state index in [-0.39, 0.29) is 0 Å². The summed E-state index contributed by atoms with van der Waals surface area (Å²) in [5, 5.41) is 1.15. The highest BCUT2D eigenvalue weighted by atomic mass is 35.5. The molecule has 0 heterocycles. The van der Waals surface area contributed by atoms with Gasteiger partial charge in [-0.15, -0.1) is 0 Å². The highest BCUT2D eigenvalue weighted by Gasteiger charge is 2.12. The Morgan fingerprint density at radius 1 is 1.50 bits per heavy atom. The van der Waals surface area contributed by atoms with Crippen molar-refractivity contribution in [2.24, 2.45) is 0 Å². The lowest BCUT2D eigenvalue weighted by Gasteiger charge is -2.11. The molecule has 0 aliphatic heterocycles. The fourth-order valence-electron chi connectivity index (χ4n) is 0.854. The number of allylic oxidation sites excluding steroid dienone is 4. The van der Waals surface area contributed by atoms with Crippen LogP contribution in [-0.2, 0) is 4.74 Å². The van der Waals surface area contributed by atoms with Crippen molar-refractivity contribution in [2.75, 3.05) is 7.11 Å².